The van der Waals surface area contributed by atoms with Crippen LogP contribution in [0.5, 0.6) is 5.75 Å². The van der Waals surface area contributed by atoms with Gasteiger partial charge in [-0.2, -0.15) is 10.2 Å². The van der Waals surface area contributed by atoms with Gasteiger partial charge in [0.25, 0.3) is 0 Å². The summed E-state index contributed by atoms with van der Waals surface area (Å²) in [6.07, 6.45) is 7.75. The van der Waals surface area contributed by atoms with Crippen LogP contribution >= 0.6 is 11.6 Å². The molecule has 0 saturated carbocycles. The molecule has 0 spiro atoms. The van der Waals surface area contributed by atoms with Crippen LogP contribution < -0.4 is 10.1 Å². The Kier molecular flexibility index (Phi) is 6.49. The van der Waals surface area contributed by atoms with Gasteiger partial charge in [0, 0.05) is 62.9 Å². The van der Waals surface area contributed by atoms with Crippen molar-refractivity contribution in [2.24, 2.45) is 0 Å². The Morgan fingerprint density at radius 2 is 1.94 bits per heavy atom. The van der Waals surface area contributed by atoms with Gasteiger partial charge in [0.2, 0.25) is 0 Å². The predicted octanol–water partition coefficient (Wildman–Crippen LogP) is 3.43. The van der Waals surface area contributed by atoms with Crippen molar-refractivity contribution in [1.82, 2.24) is 29.6 Å². The molecule has 174 valence electrons. The van der Waals surface area contributed by atoms with Gasteiger partial charge in [-0.15, -0.1) is 0 Å². The number of pyridine rings is 1. The monoisotopic (exact) mass is 460 g/mol. The maximum atomic E-state index is 6.27. The smallest absolute Gasteiger partial charge is 0.146 e. The Labute approximate surface area is 194 Å². The molecule has 3 aromatic heterocycles. The van der Waals surface area contributed by atoms with Crippen molar-refractivity contribution >= 4 is 17.1 Å². The van der Waals surface area contributed by atoms with Crippen molar-refractivity contribution in [1.29, 1.82) is 0 Å². The summed E-state index contributed by atoms with van der Waals surface area (Å²) in [5, 5.41) is 13.0. The first-order valence-corrected chi connectivity index (χ1v) is 11.1. The van der Waals surface area contributed by atoms with E-state index >= 15 is 0 Å². The second-order valence-electron chi connectivity index (χ2n) is 8.67. The Morgan fingerprint density at radius 3 is 2.56 bits per heavy atom. The van der Waals surface area contributed by atoms with E-state index in [-0.39, 0.29) is 13.0 Å². The molecule has 5 heterocycles. The maximum absolute atomic E-state index is 6.27. The van der Waals surface area contributed by atoms with Crippen molar-refractivity contribution in [3.8, 4) is 16.9 Å². The van der Waals surface area contributed by atoms with E-state index in [1.165, 1.54) is 0 Å². The summed E-state index contributed by atoms with van der Waals surface area (Å²) in [5.41, 5.74) is 4.04. The highest BCUT2D eigenvalue weighted by atomic mass is 35.5. The van der Waals surface area contributed by atoms with Gasteiger partial charge in [-0.1, -0.05) is 19.0 Å². The number of nitrogens with one attached hydrogen (secondary N) is 1. The fraction of sp³-hybridized carbons (Fsp3) is 0.565. The van der Waals surface area contributed by atoms with Crippen molar-refractivity contribution in [3.05, 3.63) is 35.4 Å². The molecule has 8 nitrogen and oxygen atoms in total. The standard InChI is InChI=1S/C22H29ClN6O2.CH4/c1-15-18(16-8-20(30-2)21-19(23)10-25-28(21)11-16)9-26-29(15)17-4-6-27(7-5-17)14-22(31-3)12-24-13-22;/h8-11,17,24H,4-7,12-14H2,1-3H3;1H4. The molecule has 0 radical (unpaired) electrons. The number of piperidine rings is 1. The van der Waals surface area contributed by atoms with Gasteiger partial charge in [-0.25, -0.2) is 4.52 Å². The Hall–Kier alpha value is -2.13. The van der Waals surface area contributed by atoms with Gasteiger partial charge in [-0.05, 0) is 25.8 Å². The van der Waals surface area contributed by atoms with E-state index in [9.17, 15) is 0 Å². The van der Waals surface area contributed by atoms with Crippen molar-refractivity contribution in [3.63, 3.8) is 0 Å². The molecular formula is C23H33ClN6O2. The molecular weight excluding hydrogens is 428 g/mol. The van der Waals surface area contributed by atoms with Crippen LogP contribution in [-0.4, -0.2) is 76.8 Å². The van der Waals surface area contributed by atoms with Crippen LogP contribution in [0.25, 0.3) is 16.6 Å². The molecule has 3 aromatic rings. The molecule has 0 bridgehead atoms. The first-order valence-electron chi connectivity index (χ1n) is 10.8. The fourth-order valence-electron chi connectivity index (χ4n) is 4.88. The summed E-state index contributed by atoms with van der Waals surface area (Å²) in [5.74, 6) is 0.706. The zero-order valence-corrected chi connectivity index (χ0v) is 19.0. The summed E-state index contributed by atoms with van der Waals surface area (Å²) in [7, 11) is 3.48. The lowest BCUT2D eigenvalue weighted by atomic mass is 9.94. The average molecular weight is 461 g/mol. The summed E-state index contributed by atoms with van der Waals surface area (Å²) in [6, 6.07) is 2.42. The highest BCUT2D eigenvalue weighted by Gasteiger charge is 2.39. The molecule has 2 aliphatic rings. The zero-order chi connectivity index (χ0) is 21.6. The predicted molar refractivity (Wildman–Crippen MR) is 127 cm³/mol. The van der Waals surface area contributed by atoms with Gasteiger partial charge < -0.3 is 19.7 Å². The van der Waals surface area contributed by atoms with Crippen LogP contribution in [0.2, 0.25) is 5.02 Å². The summed E-state index contributed by atoms with van der Waals surface area (Å²) < 4.78 is 15.3. The van der Waals surface area contributed by atoms with E-state index in [0.717, 1.165) is 67.9 Å². The molecule has 32 heavy (non-hydrogen) atoms. The highest BCUT2D eigenvalue weighted by Crippen LogP contribution is 2.34. The molecule has 2 fully saturated rings. The zero-order valence-electron chi connectivity index (χ0n) is 18.3. The molecule has 0 amide bonds. The van der Waals surface area contributed by atoms with E-state index in [0.29, 0.717) is 16.8 Å². The van der Waals surface area contributed by atoms with Crippen LogP contribution in [0.15, 0.2) is 24.7 Å². The number of hydrogen-bond acceptors (Lipinski definition) is 6. The Morgan fingerprint density at radius 1 is 1.19 bits per heavy atom. The van der Waals surface area contributed by atoms with E-state index in [2.05, 4.69) is 26.9 Å². The second kappa shape index (κ2) is 9.02. The number of methoxy groups -OCH3 is 2. The largest absolute Gasteiger partial charge is 0.494 e. The first-order chi connectivity index (χ1) is 15.0. The molecule has 0 aliphatic carbocycles. The lowest BCUT2D eigenvalue weighted by molar-refractivity contribution is -0.0762. The third-order valence-corrected chi connectivity index (χ3v) is 7.13. The summed E-state index contributed by atoms with van der Waals surface area (Å²) in [6.45, 7) is 7.16. The van der Waals surface area contributed by atoms with Gasteiger partial charge in [0.15, 0.2) is 0 Å². The normalized spacial score (nSPS) is 19.0. The SMILES string of the molecule is C.COc1cc(-c2cnn(C3CCN(CC4(OC)CNC4)CC3)c2C)cn2ncc(Cl)c12. The number of aromatic nitrogens is 4. The summed E-state index contributed by atoms with van der Waals surface area (Å²) >= 11 is 6.27. The Balaban J connectivity index is 0.00000245. The maximum Gasteiger partial charge on any atom is 0.146 e. The number of hydrogen-bond donors (Lipinski definition) is 1. The van der Waals surface area contributed by atoms with Crippen molar-refractivity contribution in [2.45, 2.75) is 38.8 Å². The highest BCUT2D eigenvalue weighted by molar-refractivity contribution is 6.34. The minimum absolute atomic E-state index is 0. The molecule has 5 rings (SSSR count). The lowest BCUT2D eigenvalue weighted by Gasteiger charge is -2.45. The number of halogens is 1. The fourth-order valence-corrected chi connectivity index (χ4v) is 5.10. The molecule has 0 unspecified atom stereocenters. The number of rotatable bonds is 6. The Bertz CT molecular complexity index is 1080. The van der Waals surface area contributed by atoms with E-state index in [1.807, 2.05) is 25.6 Å². The van der Waals surface area contributed by atoms with Gasteiger partial charge in [0.05, 0.1) is 30.6 Å². The minimum atomic E-state index is -0.00524. The van der Waals surface area contributed by atoms with E-state index in [1.54, 1.807) is 17.8 Å². The first kappa shape index (κ1) is 23.0. The summed E-state index contributed by atoms with van der Waals surface area (Å²) in [4.78, 5) is 2.53. The van der Waals surface area contributed by atoms with E-state index < -0.39 is 0 Å². The van der Waals surface area contributed by atoms with Gasteiger partial charge in [-0.3, -0.25) is 4.68 Å². The van der Waals surface area contributed by atoms with Crippen LogP contribution in [0.3, 0.4) is 0 Å². The van der Waals surface area contributed by atoms with Crippen LogP contribution in [-0.2, 0) is 4.74 Å². The van der Waals surface area contributed by atoms with Gasteiger partial charge in [0.1, 0.15) is 16.9 Å². The second-order valence-corrected chi connectivity index (χ2v) is 9.08. The topological polar surface area (TPSA) is 68.8 Å². The number of likely N-dealkylation sites (tertiary alicyclic amines) is 1. The molecule has 0 aromatic carbocycles. The number of nitrogens with zero attached hydrogens (tertiary/aromatic N) is 5. The van der Waals surface area contributed by atoms with Crippen LogP contribution in [0.1, 0.15) is 32.0 Å². The third-order valence-electron chi connectivity index (χ3n) is 6.85. The van der Waals surface area contributed by atoms with Crippen molar-refractivity contribution < 1.29 is 9.47 Å². The van der Waals surface area contributed by atoms with Crippen LogP contribution in [0.4, 0.5) is 0 Å². The third kappa shape index (κ3) is 3.90. The van der Waals surface area contributed by atoms with E-state index in [4.69, 9.17) is 26.2 Å². The quantitative estimate of drug-likeness (QED) is 0.607. The average Bonchev–Trinajstić information content (AvgIpc) is 3.33. The van der Waals surface area contributed by atoms with Crippen LogP contribution in [0, 0.1) is 6.92 Å². The minimum Gasteiger partial charge on any atom is -0.494 e. The van der Waals surface area contributed by atoms with Crippen molar-refractivity contribution in [2.75, 3.05) is 46.9 Å². The lowest BCUT2D eigenvalue weighted by Crippen LogP contribution is -2.66. The molecule has 9 heteroatoms. The molecule has 2 saturated heterocycles. The molecule has 2 aliphatic heterocycles. The number of ether oxygens (including phenoxy) is 2. The van der Waals surface area contributed by atoms with Gasteiger partial charge >= 0.3 is 0 Å². The molecule has 1 N–H and O–H groups in total. The number of fused-ring (bicyclic) bond motifs is 1. The molecule has 0 atom stereocenters.